The van der Waals surface area contributed by atoms with Crippen molar-refractivity contribution in [2.75, 3.05) is 6.54 Å². The van der Waals surface area contributed by atoms with Crippen LogP contribution in [0.1, 0.15) is 96.5 Å². The zero-order valence-corrected chi connectivity index (χ0v) is 25.1. The Morgan fingerprint density at radius 3 is 2.44 bits per heavy atom. The molecule has 3 aliphatic carbocycles. The highest BCUT2D eigenvalue weighted by Gasteiger charge is 2.57. The molecule has 1 fully saturated rings. The maximum Gasteiger partial charge on any atom is 0.193 e. The van der Waals surface area contributed by atoms with Gasteiger partial charge < -0.3 is 10.2 Å². The van der Waals surface area contributed by atoms with E-state index in [1.807, 2.05) is 18.2 Å². The summed E-state index contributed by atoms with van der Waals surface area (Å²) in [4.78, 5) is 16.3. The molecular weight excluding hydrogens is 544 g/mol. The van der Waals surface area contributed by atoms with Crippen molar-refractivity contribution >= 4 is 5.78 Å². The lowest BCUT2D eigenvalue weighted by Crippen LogP contribution is -2.51. The monoisotopic (exact) mass is 585 g/mol. The molecule has 0 amide bonds. The second-order valence-electron chi connectivity index (χ2n) is 13.3. The van der Waals surface area contributed by atoms with Gasteiger partial charge in [0.2, 0.25) is 0 Å². The predicted octanol–water partition coefficient (Wildman–Crippen LogP) is 7.25. The van der Waals surface area contributed by atoms with Crippen LogP contribution < -0.4 is 0 Å². The molecule has 3 aromatic carbocycles. The minimum atomic E-state index is -1.06. The highest BCUT2D eigenvalue weighted by Crippen LogP contribution is 2.59. The van der Waals surface area contributed by atoms with Crippen LogP contribution in [-0.4, -0.2) is 39.1 Å². The van der Waals surface area contributed by atoms with Gasteiger partial charge in [0, 0.05) is 36.2 Å². The summed E-state index contributed by atoms with van der Waals surface area (Å²) in [5.74, 6) is -2.55. The van der Waals surface area contributed by atoms with Crippen molar-refractivity contribution in [1.82, 2.24) is 4.90 Å². The number of carbonyl (C=O) groups is 1. The van der Waals surface area contributed by atoms with E-state index in [0.29, 0.717) is 37.8 Å². The number of hydrogen-bond donors (Lipinski definition) is 2. The van der Waals surface area contributed by atoms with Gasteiger partial charge in [-0.05, 0) is 104 Å². The number of fused-ring (bicyclic) bond motifs is 9. The molecule has 6 heteroatoms. The van der Waals surface area contributed by atoms with Crippen molar-refractivity contribution in [2.45, 2.75) is 89.5 Å². The summed E-state index contributed by atoms with van der Waals surface area (Å²) in [6.07, 6.45) is 6.27. The molecule has 1 aliphatic heterocycles. The molecule has 4 aliphatic rings. The number of benzene rings is 3. The summed E-state index contributed by atoms with van der Waals surface area (Å²) in [5, 5.41) is 23.4. The fourth-order valence-electron chi connectivity index (χ4n) is 7.87. The van der Waals surface area contributed by atoms with E-state index in [0.717, 1.165) is 55.6 Å². The molecule has 0 saturated heterocycles. The number of allylic oxidation sites excluding steroid dienone is 2. The van der Waals surface area contributed by atoms with Gasteiger partial charge in [-0.1, -0.05) is 55.0 Å². The minimum Gasteiger partial charge on any atom is -0.393 e. The summed E-state index contributed by atoms with van der Waals surface area (Å²) in [6, 6.07) is 17.5. The largest absolute Gasteiger partial charge is 0.393 e. The lowest BCUT2D eigenvalue weighted by molar-refractivity contribution is -0.0845. The van der Waals surface area contributed by atoms with Gasteiger partial charge in [0.05, 0.1) is 11.7 Å². The maximum atomic E-state index is 14.2. The van der Waals surface area contributed by atoms with E-state index in [1.54, 1.807) is 0 Å². The standard InChI is InChI=1S/C37H41F2NO3/c1-24-6-5-16-36(2)32(15-17-37(36,43)23-40-21-27-7-3-4-8-28(27)22-40)30-13-10-25(18-29(41)12-9-24)19-31(30)35(42)26-11-14-33(38)34(39)20-26/h3-4,6-8,10-11,13-14,19-20,29,32,41,43H,5,9,12,15-18,21-23H2,1-2H3/t29-,32-,36-,37+/m0/s1. The number of aliphatic hydroxyl groups is 2. The van der Waals surface area contributed by atoms with Crippen LogP contribution >= 0.6 is 0 Å². The van der Waals surface area contributed by atoms with E-state index >= 15 is 0 Å². The van der Waals surface area contributed by atoms with Crippen molar-refractivity contribution < 1.29 is 23.8 Å². The molecule has 3 aromatic rings. The van der Waals surface area contributed by atoms with Crippen LogP contribution in [0.5, 0.6) is 0 Å². The van der Waals surface area contributed by atoms with Crippen molar-refractivity contribution in [3.05, 3.63) is 117 Å². The summed E-state index contributed by atoms with van der Waals surface area (Å²) in [6.45, 7) is 6.41. The molecule has 7 rings (SSSR count). The van der Waals surface area contributed by atoms with Gasteiger partial charge >= 0.3 is 0 Å². The van der Waals surface area contributed by atoms with E-state index < -0.39 is 28.8 Å². The smallest absolute Gasteiger partial charge is 0.193 e. The third-order valence-electron chi connectivity index (χ3n) is 10.5. The van der Waals surface area contributed by atoms with E-state index in [1.165, 1.54) is 22.8 Å². The number of ketones is 1. The first-order valence-electron chi connectivity index (χ1n) is 15.5. The Morgan fingerprint density at radius 2 is 1.72 bits per heavy atom. The van der Waals surface area contributed by atoms with Gasteiger partial charge in [0.25, 0.3) is 0 Å². The fourth-order valence-corrected chi connectivity index (χ4v) is 7.87. The van der Waals surface area contributed by atoms with Crippen LogP contribution in [0.4, 0.5) is 8.78 Å². The lowest BCUT2D eigenvalue weighted by Gasteiger charge is -2.45. The molecule has 4 nitrogen and oxygen atoms in total. The SMILES string of the molecule is CC1=CCC[C@@]2(C)[C@@H](CC[C@@]2(O)CN2Cc3ccccc3C2)c2ccc(cc2C(=O)c2ccc(F)c(F)c2)C[C@@H](O)CC1. The average molecular weight is 586 g/mol. The van der Waals surface area contributed by atoms with E-state index in [2.05, 4.69) is 49.1 Å². The molecule has 1 saturated carbocycles. The Balaban J connectivity index is 1.42. The Kier molecular flexibility index (Phi) is 8.14. The van der Waals surface area contributed by atoms with Gasteiger partial charge in [-0.15, -0.1) is 0 Å². The number of carbonyl (C=O) groups excluding carboxylic acids is 1. The lowest BCUT2D eigenvalue weighted by atomic mass is 9.64. The van der Waals surface area contributed by atoms with Crippen molar-refractivity contribution in [1.29, 1.82) is 0 Å². The van der Waals surface area contributed by atoms with Gasteiger partial charge in [-0.3, -0.25) is 9.69 Å². The zero-order chi connectivity index (χ0) is 30.4. The number of aliphatic hydroxyl groups excluding tert-OH is 1. The molecule has 0 aromatic heterocycles. The van der Waals surface area contributed by atoms with Gasteiger partial charge in [-0.25, -0.2) is 8.78 Å². The number of halogens is 2. The molecule has 1 heterocycles. The summed E-state index contributed by atoms with van der Waals surface area (Å²) >= 11 is 0. The van der Waals surface area contributed by atoms with Crippen LogP contribution in [0, 0.1) is 17.0 Å². The molecule has 0 radical (unpaired) electrons. The molecule has 2 N–H and O–H groups in total. The van der Waals surface area contributed by atoms with Gasteiger partial charge in [0.15, 0.2) is 17.4 Å². The predicted molar refractivity (Wildman–Crippen MR) is 164 cm³/mol. The third kappa shape index (κ3) is 5.73. The molecule has 2 bridgehead atoms. The second-order valence-corrected chi connectivity index (χ2v) is 13.3. The number of nitrogens with zero attached hydrogens (tertiary/aromatic N) is 1. The van der Waals surface area contributed by atoms with E-state index in [9.17, 15) is 23.8 Å². The Morgan fingerprint density at radius 1 is 0.977 bits per heavy atom. The first-order valence-corrected chi connectivity index (χ1v) is 15.5. The normalized spacial score (nSPS) is 27.8. The highest BCUT2D eigenvalue weighted by atomic mass is 19.2. The summed E-state index contributed by atoms with van der Waals surface area (Å²) < 4.78 is 28.0. The van der Waals surface area contributed by atoms with Crippen LogP contribution in [0.25, 0.3) is 0 Å². The van der Waals surface area contributed by atoms with Crippen LogP contribution in [0.2, 0.25) is 0 Å². The van der Waals surface area contributed by atoms with E-state index in [-0.39, 0.29) is 17.3 Å². The number of rotatable bonds is 4. The average Bonchev–Trinajstić information content (AvgIpc) is 3.50. The van der Waals surface area contributed by atoms with Crippen molar-refractivity contribution in [3.8, 4) is 0 Å². The van der Waals surface area contributed by atoms with Crippen molar-refractivity contribution in [3.63, 3.8) is 0 Å². The number of β-amino-alcohol motifs (C(OH)–C–C–N with tert-alkyl or cyclic N) is 1. The third-order valence-corrected chi connectivity index (χ3v) is 10.5. The Bertz CT molecular complexity index is 1540. The van der Waals surface area contributed by atoms with E-state index in [4.69, 9.17) is 0 Å². The molecular formula is C37H41F2NO3. The van der Waals surface area contributed by atoms with Gasteiger partial charge in [-0.2, -0.15) is 0 Å². The van der Waals surface area contributed by atoms with Crippen molar-refractivity contribution in [2.24, 2.45) is 5.41 Å². The fraction of sp³-hybridized carbons (Fsp3) is 0.432. The number of hydrogen-bond acceptors (Lipinski definition) is 4. The first-order chi connectivity index (χ1) is 20.6. The Hall–Kier alpha value is -3.19. The molecule has 226 valence electrons. The summed E-state index contributed by atoms with van der Waals surface area (Å²) in [7, 11) is 0. The molecule has 0 unspecified atom stereocenters. The Labute approximate surface area is 253 Å². The van der Waals surface area contributed by atoms with Crippen LogP contribution in [0.3, 0.4) is 0 Å². The molecule has 4 atom stereocenters. The maximum absolute atomic E-state index is 14.2. The van der Waals surface area contributed by atoms with Crippen LogP contribution in [-0.2, 0) is 19.5 Å². The molecule has 43 heavy (non-hydrogen) atoms. The van der Waals surface area contributed by atoms with Crippen LogP contribution in [0.15, 0.2) is 72.3 Å². The second kappa shape index (κ2) is 11.7. The topological polar surface area (TPSA) is 60.8 Å². The first kappa shape index (κ1) is 29.9. The summed E-state index contributed by atoms with van der Waals surface area (Å²) in [5.41, 5.74) is 4.47. The quantitative estimate of drug-likeness (QED) is 0.250. The minimum absolute atomic E-state index is 0.0855. The highest BCUT2D eigenvalue weighted by molar-refractivity contribution is 6.10. The van der Waals surface area contributed by atoms with Gasteiger partial charge in [0.1, 0.15) is 0 Å². The molecule has 0 spiro atoms. The zero-order valence-electron chi connectivity index (χ0n) is 25.1.